The summed E-state index contributed by atoms with van der Waals surface area (Å²) in [6.45, 7) is 4.82. The number of methoxy groups -OCH3 is 2. The summed E-state index contributed by atoms with van der Waals surface area (Å²) in [5.41, 5.74) is 1.94. The maximum atomic E-state index is 13.7. The van der Waals surface area contributed by atoms with Crippen LogP contribution < -0.4 is 5.32 Å². The Morgan fingerprint density at radius 3 is 2.41 bits per heavy atom. The van der Waals surface area contributed by atoms with E-state index in [9.17, 15) is 9.59 Å². The van der Waals surface area contributed by atoms with Gasteiger partial charge in [-0.3, -0.25) is 9.59 Å². The minimum atomic E-state index is -0.687. The first kappa shape index (κ1) is 25.6. The van der Waals surface area contributed by atoms with Gasteiger partial charge in [-0.05, 0) is 24.1 Å². The second kappa shape index (κ2) is 12.5. The molecule has 0 unspecified atom stereocenters. The largest absolute Gasteiger partial charge is 0.376 e. The fourth-order valence-electron chi connectivity index (χ4n) is 4.21. The number of para-hydroxylation sites is 1. The van der Waals surface area contributed by atoms with Gasteiger partial charge in [0.05, 0.1) is 13.2 Å². The van der Waals surface area contributed by atoms with Crippen LogP contribution in [-0.4, -0.2) is 62.8 Å². The summed E-state index contributed by atoms with van der Waals surface area (Å²) in [7, 11) is 3.22. The predicted molar refractivity (Wildman–Crippen MR) is 132 cm³/mol. The number of nitrogens with zero attached hydrogens (tertiary/aromatic N) is 1. The van der Waals surface area contributed by atoms with Crippen molar-refractivity contribution in [2.24, 2.45) is 5.92 Å². The lowest BCUT2D eigenvalue weighted by atomic mass is 9.98. The second-order valence-corrected chi connectivity index (χ2v) is 8.53. The highest BCUT2D eigenvalue weighted by atomic mass is 16.6. The van der Waals surface area contributed by atoms with E-state index in [-0.39, 0.29) is 30.4 Å². The number of hydrogen-bond donors (Lipinski definition) is 1. The summed E-state index contributed by atoms with van der Waals surface area (Å²) in [6, 6.07) is 15.8. The molecule has 1 aliphatic rings. The van der Waals surface area contributed by atoms with Crippen LogP contribution in [0.1, 0.15) is 35.9 Å². The highest BCUT2D eigenvalue weighted by Gasteiger charge is 2.34. The van der Waals surface area contributed by atoms with Crippen LogP contribution in [0.25, 0.3) is 0 Å². The number of ether oxygens (including phenoxy) is 3. The Hall–Kier alpha value is -3.00. The van der Waals surface area contributed by atoms with Crippen molar-refractivity contribution < 1.29 is 23.8 Å². The Morgan fingerprint density at radius 1 is 1.03 bits per heavy atom. The SMILES string of the molecule is CO[C@H]1COC/C=C\CN(C(=O)c2ccccc2)[C@@H](C(C)C)C(=O)Nc2ccccc2[C@@H]1OC. The summed E-state index contributed by atoms with van der Waals surface area (Å²) in [5.74, 6) is -0.575. The molecule has 1 heterocycles. The molecule has 3 atom stereocenters. The summed E-state index contributed by atoms with van der Waals surface area (Å²) >= 11 is 0. The molecule has 0 saturated heterocycles. The third kappa shape index (κ3) is 6.11. The molecule has 0 aliphatic carbocycles. The molecule has 3 rings (SSSR count). The molecule has 7 nitrogen and oxygen atoms in total. The lowest BCUT2D eigenvalue weighted by Gasteiger charge is -2.34. The molecule has 182 valence electrons. The van der Waals surface area contributed by atoms with E-state index in [2.05, 4.69) is 5.32 Å². The average Bonchev–Trinajstić information content (AvgIpc) is 2.84. The molecule has 0 bridgehead atoms. The number of carbonyl (C=O) groups is 2. The third-order valence-electron chi connectivity index (χ3n) is 5.90. The van der Waals surface area contributed by atoms with Gasteiger partial charge in [-0.2, -0.15) is 0 Å². The van der Waals surface area contributed by atoms with E-state index < -0.39 is 12.1 Å². The van der Waals surface area contributed by atoms with E-state index >= 15 is 0 Å². The summed E-state index contributed by atoms with van der Waals surface area (Å²) in [6.07, 6.45) is 2.90. The molecule has 0 fully saturated rings. The number of nitrogens with one attached hydrogen (secondary N) is 1. The van der Waals surface area contributed by atoms with Crippen molar-refractivity contribution >= 4 is 17.5 Å². The zero-order valence-corrected chi connectivity index (χ0v) is 20.3. The Labute approximate surface area is 201 Å². The van der Waals surface area contributed by atoms with Crippen LogP contribution in [0.4, 0.5) is 5.69 Å². The van der Waals surface area contributed by atoms with E-state index in [1.54, 1.807) is 31.3 Å². The molecule has 0 saturated carbocycles. The normalized spacial score (nSPS) is 23.0. The molecular weight excluding hydrogens is 432 g/mol. The van der Waals surface area contributed by atoms with Crippen LogP contribution in [0.5, 0.6) is 0 Å². The predicted octanol–water partition coefficient (Wildman–Crippen LogP) is 4.08. The number of hydrogen-bond acceptors (Lipinski definition) is 5. The van der Waals surface area contributed by atoms with Crippen LogP contribution in [0.2, 0.25) is 0 Å². The summed E-state index contributed by atoms with van der Waals surface area (Å²) < 4.78 is 17.2. The lowest BCUT2D eigenvalue weighted by molar-refractivity contribution is -0.121. The third-order valence-corrected chi connectivity index (χ3v) is 5.90. The van der Waals surface area contributed by atoms with Crippen LogP contribution in [0.15, 0.2) is 66.7 Å². The molecule has 1 N–H and O–H groups in total. The van der Waals surface area contributed by atoms with Crippen molar-refractivity contribution in [3.63, 3.8) is 0 Å². The van der Waals surface area contributed by atoms with Crippen LogP contribution in [0.3, 0.4) is 0 Å². The lowest BCUT2D eigenvalue weighted by Crippen LogP contribution is -2.50. The van der Waals surface area contributed by atoms with Crippen molar-refractivity contribution in [3.05, 3.63) is 77.9 Å². The Bertz CT molecular complexity index is 976. The Balaban J connectivity index is 2.03. The van der Waals surface area contributed by atoms with Crippen molar-refractivity contribution in [1.82, 2.24) is 4.90 Å². The van der Waals surface area contributed by atoms with Crippen molar-refractivity contribution in [2.75, 3.05) is 39.3 Å². The van der Waals surface area contributed by atoms with Gasteiger partial charge in [0.15, 0.2) is 0 Å². The van der Waals surface area contributed by atoms with Gasteiger partial charge in [-0.1, -0.05) is 62.4 Å². The van der Waals surface area contributed by atoms with Gasteiger partial charge in [-0.25, -0.2) is 0 Å². The monoisotopic (exact) mass is 466 g/mol. The van der Waals surface area contributed by atoms with Crippen molar-refractivity contribution in [2.45, 2.75) is 32.1 Å². The molecule has 0 aromatic heterocycles. The van der Waals surface area contributed by atoms with E-state index in [1.807, 2.05) is 68.5 Å². The number of rotatable bonds is 4. The molecule has 2 amide bonds. The zero-order chi connectivity index (χ0) is 24.5. The Morgan fingerprint density at radius 2 is 1.74 bits per heavy atom. The average molecular weight is 467 g/mol. The zero-order valence-electron chi connectivity index (χ0n) is 20.3. The molecule has 7 heteroatoms. The van der Waals surface area contributed by atoms with Gasteiger partial charge in [0.1, 0.15) is 18.2 Å². The van der Waals surface area contributed by atoms with E-state index in [1.165, 1.54) is 0 Å². The quantitative estimate of drug-likeness (QED) is 0.687. The van der Waals surface area contributed by atoms with Gasteiger partial charge in [0, 0.05) is 37.6 Å². The molecule has 1 aliphatic heterocycles. The molecule has 2 aromatic carbocycles. The number of fused-ring (bicyclic) bond motifs is 1. The van der Waals surface area contributed by atoms with Gasteiger partial charge >= 0.3 is 0 Å². The standard InChI is InChI=1S/C27H34N2O5/c1-19(2)24-26(30)28-22-15-9-8-14-21(22)25(33-4)23(32-3)18-34-17-11-10-16-29(24)27(31)20-12-6-5-7-13-20/h5-15,19,23-25H,16-18H2,1-4H3,(H,28,30)/b11-10-/t23-,24-,25-/m0/s1. The van der Waals surface area contributed by atoms with Crippen molar-refractivity contribution in [3.8, 4) is 0 Å². The van der Waals surface area contributed by atoms with Crippen LogP contribution >= 0.6 is 0 Å². The van der Waals surface area contributed by atoms with Crippen molar-refractivity contribution in [1.29, 1.82) is 0 Å². The second-order valence-electron chi connectivity index (χ2n) is 8.53. The first-order chi connectivity index (χ1) is 16.5. The summed E-state index contributed by atoms with van der Waals surface area (Å²) in [4.78, 5) is 28.7. The van der Waals surface area contributed by atoms with Crippen LogP contribution in [-0.2, 0) is 19.0 Å². The first-order valence-corrected chi connectivity index (χ1v) is 11.5. The molecular formula is C27H34N2O5. The van der Waals surface area contributed by atoms with E-state index in [0.29, 0.717) is 24.5 Å². The molecule has 0 spiro atoms. The number of anilines is 1. The molecule has 2 aromatic rings. The van der Waals surface area contributed by atoms with Gasteiger partial charge < -0.3 is 24.4 Å². The van der Waals surface area contributed by atoms with Crippen LogP contribution in [0, 0.1) is 5.92 Å². The smallest absolute Gasteiger partial charge is 0.254 e. The highest BCUT2D eigenvalue weighted by molar-refractivity contribution is 6.01. The summed E-state index contributed by atoms with van der Waals surface area (Å²) in [5, 5.41) is 3.06. The fraction of sp³-hybridized carbons (Fsp3) is 0.407. The maximum absolute atomic E-state index is 13.7. The highest BCUT2D eigenvalue weighted by Crippen LogP contribution is 2.30. The van der Waals surface area contributed by atoms with Gasteiger partial charge in [0.25, 0.3) is 5.91 Å². The number of benzene rings is 2. The van der Waals surface area contributed by atoms with Gasteiger partial charge in [-0.15, -0.1) is 0 Å². The minimum Gasteiger partial charge on any atom is -0.376 e. The number of amides is 2. The first-order valence-electron chi connectivity index (χ1n) is 11.5. The number of carbonyl (C=O) groups excluding carboxylic acids is 2. The minimum absolute atomic E-state index is 0.123. The topological polar surface area (TPSA) is 77.1 Å². The van der Waals surface area contributed by atoms with Gasteiger partial charge in [0.2, 0.25) is 5.91 Å². The molecule has 0 radical (unpaired) electrons. The maximum Gasteiger partial charge on any atom is 0.254 e. The van der Waals surface area contributed by atoms with E-state index in [0.717, 1.165) is 5.56 Å². The Kier molecular flexibility index (Phi) is 9.39. The fourth-order valence-corrected chi connectivity index (χ4v) is 4.21. The molecule has 34 heavy (non-hydrogen) atoms. The van der Waals surface area contributed by atoms with E-state index in [4.69, 9.17) is 14.2 Å².